The van der Waals surface area contributed by atoms with E-state index in [1.807, 2.05) is 23.6 Å². The van der Waals surface area contributed by atoms with Gasteiger partial charge in [0.25, 0.3) is 0 Å². The number of hydrogen-bond acceptors (Lipinski definition) is 4. The molecule has 0 saturated carbocycles. The van der Waals surface area contributed by atoms with Gasteiger partial charge in [-0.15, -0.1) is 11.3 Å². The average molecular weight is 234 g/mol. The molecule has 84 valence electrons. The molecule has 1 N–H and O–H groups in total. The molecule has 0 bridgehead atoms. The van der Waals surface area contributed by atoms with E-state index >= 15 is 0 Å². The first-order valence-electron chi connectivity index (χ1n) is 5.32. The minimum atomic E-state index is 0.155. The molecule has 2 aromatic rings. The quantitative estimate of drug-likeness (QED) is 0.884. The lowest BCUT2D eigenvalue weighted by Gasteiger charge is -2.06. The summed E-state index contributed by atoms with van der Waals surface area (Å²) in [7, 11) is 0. The van der Waals surface area contributed by atoms with Crippen molar-refractivity contribution in [3.8, 4) is 11.4 Å². The molecule has 2 rings (SSSR count). The summed E-state index contributed by atoms with van der Waals surface area (Å²) in [6.07, 6.45) is 2.67. The van der Waals surface area contributed by atoms with Gasteiger partial charge in [0.1, 0.15) is 0 Å². The highest BCUT2D eigenvalue weighted by molar-refractivity contribution is 7.10. The van der Waals surface area contributed by atoms with E-state index in [2.05, 4.69) is 16.9 Å². The Labute approximate surface area is 98.8 Å². The summed E-state index contributed by atoms with van der Waals surface area (Å²) in [6.45, 7) is 2.22. The van der Waals surface area contributed by atoms with E-state index in [-0.39, 0.29) is 12.5 Å². The van der Waals surface area contributed by atoms with Crippen LogP contribution in [0.15, 0.2) is 29.8 Å². The maximum absolute atomic E-state index is 9.21. The molecule has 0 radical (unpaired) electrons. The van der Waals surface area contributed by atoms with Crippen molar-refractivity contribution in [1.82, 2.24) is 9.97 Å². The van der Waals surface area contributed by atoms with E-state index in [1.54, 1.807) is 17.5 Å². The number of nitrogens with zero attached hydrogens (tertiary/aromatic N) is 2. The van der Waals surface area contributed by atoms with Crippen molar-refractivity contribution < 1.29 is 5.11 Å². The monoisotopic (exact) mass is 234 g/mol. The normalized spacial score (nSPS) is 12.6. The summed E-state index contributed by atoms with van der Waals surface area (Å²) in [5.41, 5.74) is 1.78. The minimum absolute atomic E-state index is 0.155. The van der Waals surface area contributed by atoms with Gasteiger partial charge < -0.3 is 5.11 Å². The van der Waals surface area contributed by atoms with Crippen LogP contribution >= 0.6 is 11.3 Å². The van der Waals surface area contributed by atoms with E-state index in [0.29, 0.717) is 0 Å². The molecular formula is C12H14N2OS. The van der Waals surface area contributed by atoms with Crippen molar-refractivity contribution >= 4 is 11.3 Å². The van der Waals surface area contributed by atoms with Crippen LogP contribution in [0.25, 0.3) is 11.4 Å². The predicted molar refractivity (Wildman–Crippen MR) is 65.5 cm³/mol. The maximum atomic E-state index is 9.21. The number of aliphatic hydroxyl groups excluding tert-OH is 1. The summed E-state index contributed by atoms with van der Waals surface area (Å²) in [5, 5.41) is 12.2. The number of pyridine rings is 1. The number of rotatable bonds is 4. The molecule has 0 amide bonds. The van der Waals surface area contributed by atoms with E-state index in [0.717, 1.165) is 22.8 Å². The molecule has 2 heterocycles. The highest BCUT2D eigenvalue weighted by Crippen LogP contribution is 2.26. The Morgan fingerprint density at radius 2 is 2.25 bits per heavy atom. The zero-order valence-corrected chi connectivity index (χ0v) is 9.94. The van der Waals surface area contributed by atoms with E-state index in [4.69, 9.17) is 0 Å². The van der Waals surface area contributed by atoms with Crippen LogP contribution in [0.5, 0.6) is 0 Å². The third-order valence-corrected chi connectivity index (χ3v) is 3.52. The van der Waals surface area contributed by atoms with Gasteiger partial charge in [0.05, 0.1) is 23.0 Å². The van der Waals surface area contributed by atoms with Crippen molar-refractivity contribution in [3.63, 3.8) is 0 Å². The van der Waals surface area contributed by atoms with E-state index < -0.39 is 0 Å². The molecule has 3 nitrogen and oxygen atoms in total. The van der Waals surface area contributed by atoms with Crippen LogP contribution in [-0.4, -0.2) is 21.7 Å². The second kappa shape index (κ2) is 5.18. The molecule has 0 spiro atoms. The molecule has 2 aromatic heterocycles. The molecule has 0 aliphatic rings. The molecule has 16 heavy (non-hydrogen) atoms. The fourth-order valence-electron chi connectivity index (χ4n) is 1.49. The van der Waals surface area contributed by atoms with Gasteiger partial charge in [-0.3, -0.25) is 4.98 Å². The lowest BCUT2D eigenvalue weighted by molar-refractivity contribution is 0.262. The first kappa shape index (κ1) is 11.2. The van der Waals surface area contributed by atoms with Gasteiger partial charge in [-0.2, -0.15) is 0 Å². The van der Waals surface area contributed by atoms with E-state index in [9.17, 15) is 5.11 Å². The molecule has 0 aliphatic heterocycles. The van der Waals surface area contributed by atoms with Crippen LogP contribution in [0, 0.1) is 0 Å². The maximum Gasteiger partial charge on any atom is 0.0998 e. The zero-order valence-electron chi connectivity index (χ0n) is 9.13. The van der Waals surface area contributed by atoms with Crippen LogP contribution in [0.3, 0.4) is 0 Å². The van der Waals surface area contributed by atoms with Gasteiger partial charge >= 0.3 is 0 Å². The zero-order chi connectivity index (χ0) is 11.4. The fraction of sp³-hybridized carbons (Fsp3) is 0.333. The standard InChI is InChI=1S/C12H14N2OS/c1-2-9(7-15)12-14-11(8-16-12)10-5-3-4-6-13-10/h3-6,8-9,15H,2,7H2,1H3. The summed E-state index contributed by atoms with van der Waals surface area (Å²) in [5.74, 6) is 0.155. The Bertz CT molecular complexity index is 437. The van der Waals surface area contributed by atoms with Gasteiger partial charge in [0.15, 0.2) is 0 Å². The molecule has 1 unspecified atom stereocenters. The molecule has 4 heteroatoms. The number of aliphatic hydroxyl groups is 1. The third-order valence-electron chi connectivity index (χ3n) is 2.51. The Hall–Kier alpha value is -1.26. The highest BCUT2D eigenvalue weighted by Gasteiger charge is 2.13. The van der Waals surface area contributed by atoms with Gasteiger partial charge in [0, 0.05) is 17.5 Å². The SMILES string of the molecule is CCC(CO)c1nc(-c2ccccn2)cs1. The molecule has 1 atom stereocenters. The summed E-state index contributed by atoms with van der Waals surface area (Å²) in [6, 6.07) is 5.78. The first-order chi connectivity index (χ1) is 7.85. The molecule has 0 aliphatic carbocycles. The Morgan fingerprint density at radius 3 is 2.88 bits per heavy atom. The van der Waals surface area contributed by atoms with Gasteiger partial charge in [-0.05, 0) is 18.6 Å². The highest BCUT2D eigenvalue weighted by atomic mass is 32.1. The van der Waals surface area contributed by atoms with Crippen molar-refractivity contribution in [1.29, 1.82) is 0 Å². The van der Waals surface area contributed by atoms with Crippen molar-refractivity contribution in [2.45, 2.75) is 19.3 Å². The van der Waals surface area contributed by atoms with Gasteiger partial charge in [0.2, 0.25) is 0 Å². The number of hydrogen-bond donors (Lipinski definition) is 1. The first-order valence-corrected chi connectivity index (χ1v) is 6.20. The van der Waals surface area contributed by atoms with Gasteiger partial charge in [-0.25, -0.2) is 4.98 Å². The molecular weight excluding hydrogens is 220 g/mol. The lowest BCUT2D eigenvalue weighted by atomic mass is 10.1. The van der Waals surface area contributed by atoms with Crippen LogP contribution in [0.1, 0.15) is 24.3 Å². The van der Waals surface area contributed by atoms with Crippen molar-refractivity contribution in [2.75, 3.05) is 6.61 Å². The molecule has 0 fully saturated rings. The fourth-order valence-corrected chi connectivity index (χ4v) is 2.48. The summed E-state index contributed by atoms with van der Waals surface area (Å²) < 4.78 is 0. The largest absolute Gasteiger partial charge is 0.396 e. The third kappa shape index (κ3) is 2.28. The van der Waals surface area contributed by atoms with Crippen LogP contribution < -0.4 is 0 Å². The number of aromatic nitrogens is 2. The second-order valence-corrected chi connectivity index (χ2v) is 4.46. The Balaban J connectivity index is 2.26. The second-order valence-electron chi connectivity index (χ2n) is 3.57. The van der Waals surface area contributed by atoms with Crippen molar-refractivity contribution in [3.05, 3.63) is 34.8 Å². The predicted octanol–water partition coefficient (Wildman–Crippen LogP) is 2.69. The Morgan fingerprint density at radius 1 is 1.38 bits per heavy atom. The average Bonchev–Trinajstić information content (AvgIpc) is 2.81. The molecule has 0 saturated heterocycles. The smallest absolute Gasteiger partial charge is 0.0998 e. The van der Waals surface area contributed by atoms with Crippen LogP contribution in [0.4, 0.5) is 0 Å². The van der Waals surface area contributed by atoms with Crippen LogP contribution in [0.2, 0.25) is 0 Å². The van der Waals surface area contributed by atoms with Gasteiger partial charge in [-0.1, -0.05) is 13.0 Å². The summed E-state index contributed by atoms with van der Waals surface area (Å²) in [4.78, 5) is 8.77. The number of thiazole rings is 1. The van der Waals surface area contributed by atoms with Crippen molar-refractivity contribution in [2.24, 2.45) is 0 Å². The topological polar surface area (TPSA) is 46.0 Å². The van der Waals surface area contributed by atoms with E-state index in [1.165, 1.54) is 0 Å². The summed E-state index contributed by atoms with van der Waals surface area (Å²) >= 11 is 1.59. The molecule has 0 aromatic carbocycles. The minimum Gasteiger partial charge on any atom is -0.396 e. The van der Waals surface area contributed by atoms with Crippen LogP contribution in [-0.2, 0) is 0 Å². The Kier molecular flexibility index (Phi) is 3.64. The lowest BCUT2D eigenvalue weighted by Crippen LogP contribution is -2.01.